The van der Waals surface area contributed by atoms with Gasteiger partial charge < -0.3 is 14.7 Å². The maximum Gasteiger partial charge on any atom is 0.335 e. The van der Waals surface area contributed by atoms with Crippen LogP contribution in [-0.2, 0) is 16.0 Å². The Balaban J connectivity index is 1.96. The van der Waals surface area contributed by atoms with E-state index in [1.807, 2.05) is 0 Å². The highest BCUT2D eigenvalue weighted by Gasteiger charge is 2.23. The molecule has 1 aromatic carbocycles. The second-order valence-electron chi connectivity index (χ2n) is 4.70. The largest absolute Gasteiger partial charge is 0.478 e. The van der Waals surface area contributed by atoms with E-state index in [2.05, 4.69) is 0 Å². The van der Waals surface area contributed by atoms with Crippen LogP contribution < -0.4 is 0 Å². The lowest BCUT2D eigenvalue weighted by molar-refractivity contribution is -0.131. The lowest BCUT2D eigenvalue weighted by atomic mass is 10.1. The summed E-state index contributed by atoms with van der Waals surface area (Å²) in [4.78, 5) is 24.5. The van der Waals surface area contributed by atoms with Crippen LogP contribution in [0.2, 0.25) is 0 Å². The van der Waals surface area contributed by atoms with Crippen LogP contribution >= 0.6 is 0 Å². The van der Waals surface area contributed by atoms with E-state index in [1.54, 1.807) is 24.1 Å². The van der Waals surface area contributed by atoms with Crippen LogP contribution in [0.3, 0.4) is 0 Å². The lowest BCUT2D eigenvalue weighted by Crippen LogP contribution is -2.38. The smallest absolute Gasteiger partial charge is 0.335 e. The Kier molecular flexibility index (Phi) is 4.16. The summed E-state index contributed by atoms with van der Waals surface area (Å²) in [5, 5.41) is 8.80. The van der Waals surface area contributed by atoms with E-state index in [1.165, 1.54) is 12.1 Å². The molecule has 0 aliphatic carbocycles. The average molecular weight is 263 g/mol. The van der Waals surface area contributed by atoms with Crippen LogP contribution in [-0.4, -0.2) is 48.2 Å². The summed E-state index contributed by atoms with van der Waals surface area (Å²) < 4.78 is 5.26. The minimum Gasteiger partial charge on any atom is -0.478 e. The molecule has 19 heavy (non-hydrogen) atoms. The molecule has 1 atom stereocenters. The van der Waals surface area contributed by atoms with Crippen molar-refractivity contribution in [2.45, 2.75) is 18.9 Å². The molecule has 1 unspecified atom stereocenters. The molecule has 0 saturated carbocycles. The zero-order valence-corrected chi connectivity index (χ0v) is 10.8. The third-order valence-electron chi connectivity index (χ3n) is 3.40. The Morgan fingerprint density at radius 1 is 1.37 bits per heavy atom. The topological polar surface area (TPSA) is 66.8 Å². The number of hydrogen-bond acceptors (Lipinski definition) is 3. The van der Waals surface area contributed by atoms with Gasteiger partial charge in [0.2, 0.25) is 5.91 Å². The maximum atomic E-state index is 12.1. The van der Waals surface area contributed by atoms with E-state index >= 15 is 0 Å². The number of amides is 1. The second kappa shape index (κ2) is 5.84. The van der Waals surface area contributed by atoms with E-state index in [0.717, 1.165) is 12.0 Å². The van der Waals surface area contributed by atoms with Crippen LogP contribution in [0.4, 0.5) is 0 Å². The van der Waals surface area contributed by atoms with Gasteiger partial charge in [-0.3, -0.25) is 4.79 Å². The molecule has 0 spiro atoms. The number of ether oxygens (including phenoxy) is 1. The third-order valence-corrected chi connectivity index (χ3v) is 3.40. The minimum absolute atomic E-state index is 0.0265. The van der Waals surface area contributed by atoms with Gasteiger partial charge in [-0.05, 0) is 24.1 Å². The van der Waals surface area contributed by atoms with Gasteiger partial charge in [-0.2, -0.15) is 0 Å². The number of rotatable bonds is 4. The van der Waals surface area contributed by atoms with Crippen molar-refractivity contribution in [3.63, 3.8) is 0 Å². The first kappa shape index (κ1) is 13.5. The van der Waals surface area contributed by atoms with Crippen LogP contribution in [0.1, 0.15) is 22.3 Å². The summed E-state index contributed by atoms with van der Waals surface area (Å²) in [6.45, 7) is 1.30. The quantitative estimate of drug-likeness (QED) is 0.885. The Labute approximate surface area is 111 Å². The van der Waals surface area contributed by atoms with Gasteiger partial charge in [0.05, 0.1) is 24.6 Å². The van der Waals surface area contributed by atoms with Gasteiger partial charge in [-0.15, -0.1) is 0 Å². The summed E-state index contributed by atoms with van der Waals surface area (Å²) in [6.07, 6.45) is 1.16. The number of carboxylic acids is 1. The number of carbonyl (C=O) groups is 2. The fourth-order valence-corrected chi connectivity index (χ4v) is 2.10. The van der Waals surface area contributed by atoms with Crippen LogP contribution in [0.15, 0.2) is 24.3 Å². The van der Waals surface area contributed by atoms with Gasteiger partial charge >= 0.3 is 5.97 Å². The molecule has 1 N–H and O–H groups in total. The maximum absolute atomic E-state index is 12.1. The number of benzene rings is 1. The average Bonchev–Trinajstić information content (AvgIpc) is 2.92. The zero-order chi connectivity index (χ0) is 13.8. The van der Waals surface area contributed by atoms with Crippen molar-refractivity contribution in [1.82, 2.24) is 4.90 Å². The van der Waals surface area contributed by atoms with Gasteiger partial charge in [-0.25, -0.2) is 4.79 Å². The van der Waals surface area contributed by atoms with Gasteiger partial charge in [0.15, 0.2) is 0 Å². The standard InChI is InChI=1S/C14H17NO4/c1-15(12-6-7-19-9-12)13(16)8-10-2-4-11(5-3-10)14(17)18/h2-5,12H,6-9H2,1H3,(H,17,18). The number of carbonyl (C=O) groups excluding carboxylic acids is 1. The summed E-state index contributed by atoms with van der Waals surface area (Å²) >= 11 is 0. The SMILES string of the molecule is CN(C(=O)Cc1ccc(C(=O)O)cc1)C1CCOC1. The Hall–Kier alpha value is -1.88. The van der Waals surface area contributed by atoms with Gasteiger partial charge in [0.1, 0.15) is 0 Å². The lowest BCUT2D eigenvalue weighted by Gasteiger charge is -2.23. The number of likely N-dealkylation sites (N-methyl/N-ethyl adjacent to an activating group) is 1. The molecule has 0 aromatic heterocycles. The monoisotopic (exact) mass is 263 g/mol. The number of hydrogen-bond donors (Lipinski definition) is 1. The van der Waals surface area contributed by atoms with E-state index in [0.29, 0.717) is 13.2 Å². The fourth-order valence-electron chi connectivity index (χ4n) is 2.10. The molecule has 1 heterocycles. The van der Waals surface area contributed by atoms with Crippen molar-refractivity contribution in [3.8, 4) is 0 Å². The molecule has 2 rings (SSSR count). The molecule has 0 radical (unpaired) electrons. The van der Waals surface area contributed by atoms with Crippen molar-refractivity contribution in [2.24, 2.45) is 0 Å². The predicted octanol–water partition coefficient (Wildman–Crippen LogP) is 1.17. The number of aromatic carboxylic acids is 1. The highest BCUT2D eigenvalue weighted by atomic mass is 16.5. The third kappa shape index (κ3) is 3.32. The van der Waals surface area contributed by atoms with Gasteiger partial charge in [-0.1, -0.05) is 12.1 Å². The van der Waals surface area contributed by atoms with Crippen LogP contribution in [0.5, 0.6) is 0 Å². The summed E-state index contributed by atoms with van der Waals surface area (Å²) in [6, 6.07) is 6.55. The fraction of sp³-hybridized carbons (Fsp3) is 0.429. The van der Waals surface area contributed by atoms with E-state index in [4.69, 9.17) is 9.84 Å². The molecular weight excluding hydrogens is 246 g/mol. The molecular formula is C14H17NO4. The van der Waals surface area contributed by atoms with Crippen LogP contribution in [0.25, 0.3) is 0 Å². The molecule has 1 fully saturated rings. The van der Waals surface area contributed by atoms with E-state index < -0.39 is 5.97 Å². The second-order valence-corrected chi connectivity index (χ2v) is 4.70. The van der Waals surface area contributed by atoms with E-state index in [-0.39, 0.29) is 23.9 Å². The normalized spacial score (nSPS) is 18.3. The summed E-state index contributed by atoms with van der Waals surface area (Å²) in [7, 11) is 1.79. The van der Waals surface area contributed by atoms with Crippen LogP contribution in [0, 0.1) is 0 Å². The van der Waals surface area contributed by atoms with Crippen molar-refractivity contribution < 1.29 is 19.4 Å². The van der Waals surface area contributed by atoms with Crippen molar-refractivity contribution in [2.75, 3.05) is 20.3 Å². The first-order valence-electron chi connectivity index (χ1n) is 6.23. The molecule has 5 nitrogen and oxygen atoms in total. The number of carboxylic acid groups (broad SMARTS) is 1. The Bertz CT molecular complexity index is 463. The number of nitrogens with zero attached hydrogens (tertiary/aromatic N) is 1. The van der Waals surface area contributed by atoms with Crippen molar-refractivity contribution in [3.05, 3.63) is 35.4 Å². The molecule has 102 valence electrons. The molecule has 1 aliphatic rings. The molecule has 1 aliphatic heterocycles. The molecule has 1 saturated heterocycles. The van der Waals surface area contributed by atoms with Gasteiger partial charge in [0.25, 0.3) is 0 Å². The molecule has 1 amide bonds. The highest BCUT2D eigenvalue weighted by Crippen LogP contribution is 2.13. The first-order valence-corrected chi connectivity index (χ1v) is 6.23. The summed E-state index contributed by atoms with van der Waals surface area (Å²) in [5.74, 6) is -0.934. The van der Waals surface area contributed by atoms with Gasteiger partial charge in [0, 0.05) is 13.7 Å². The molecule has 5 heteroatoms. The zero-order valence-electron chi connectivity index (χ0n) is 10.8. The van der Waals surface area contributed by atoms with E-state index in [9.17, 15) is 9.59 Å². The van der Waals surface area contributed by atoms with Crippen molar-refractivity contribution >= 4 is 11.9 Å². The predicted molar refractivity (Wildman–Crippen MR) is 69.1 cm³/mol. The van der Waals surface area contributed by atoms with Crippen molar-refractivity contribution in [1.29, 1.82) is 0 Å². The summed E-state index contributed by atoms with van der Waals surface area (Å²) in [5.41, 5.74) is 1.05. The minimum atomic E-state index is -0.960. The Morgan fingerprint density at radius 2 is 2.05 bits per heavy atom. The first-order chi connectivity index (χ1) is 9.08. The Morgan fingerprint density at radius 3 is 2.58 bits per heavy atom. The molecule has 1 aromatic rings. The highest BCUT2D eigenvalue weighted by molar-refractivity contribution is 5.87. The molecule has 0 bridgehead atoms.